The predicted octanol–water partition coefficient (Wildman–Crippen LogP) is 3.49. The molecule has 1 aromatic heterocycles. The second kappa shape index (κ2) is 7.07. The monoisotopic (exact) mass is 342 g/mol. The molecule has 0 atom stereocenters. The Hall–Kier alpha value is -2.30. The first-order chi connectivity index (χ1) is 11.6. The van der Waals surface area contributed by atoms with Crippen LogP contribution in [0.4, 0.5) is 0 Å². The average molecular weight is 343 g/mol. The van der Waals surface area contributed by atoms with Crippen LogP contribution < -0.4 is 15.6 Å². The van der Waals surface area contributed by atoms with Gasteiger partial charge in [-0.2, -0.15) is 0 Å². The zero-order valence-electron chi connectivity index (χ0n) is 13.7. The number of pyridine rings is 1. The molecule has 0 bridgehead atoms. The number of ether oxygens (including phenoxy) is 1. The largest absolute Gasteiger partial charge is 0.496 e. The number of para-hydroxylation sites is 1. The number of benzene rings is 2. The van der Waals surface area contributed by atoms with Gasteiger partial charge < -0.3 is 14.6 Å². The Bertz CT molecular complexity index is 934. The SMILES string of the molecule is COc1ccccc1CNCc1cc2ccc(Cl)cc2n(C)c1=O. The van der Waals surface area contributed by atoms with Crippen molar-refractivity contribution < 1.29 is 4.74 Å². The number of methoxy groups -OCH3 is 1. The topological polar surface area (TPSA) is 43.3 Å². The lowest BCUT2D eigenvalue weighted by Crippen LogP contribution is -2.25. The summed E-state index contributed by atoms with van der Waals surface area (Å²) in [7, 11) is 3.42. The first-order valence-electron chi connectivity index (χ1n) is 7.71. The van der Waals surface area contributed by atoms with Crippen LogP contribution in [0, 0.1) is 0 Å². The highest BCUT2D eigenvalue weighted by atomic mass is 35.5. The second-order valence-corrected chi connectivity index (χ2v) is 6.09. The summed E-state index contributed by atoms with van der Waals surface area (Å²) in [5.74, 6) is 0.839. The molecule has 0 saturated carbocycles. The zero-order valence-corrected chi connectivity index (χ0v) is 14.4. The Balaban J connectivity index is 1.82. The summed E-state index contributed by atoms with van der Waals surface area (Å²) >= 11 is 6.02. The number of halogens is 1. The molecular formula is C19H19ClN2O2. The molecule has 3 aromatic rings. The fourth-order valence-electron chi connectivity index (χ4n) is 2.81. The van der Waals surface area contributed by atoms with E-state index in [4.69, 9.17) is 16.3 Å². The summed E-state index contributed by atoms with van der Waals surface area (Å²) < 4.78 is 6.98. The lowest BCUT2D eigenvalue weighted by atomic mass is 10.1. The summed E-state index contributed by atoms with van der Waals surface area (Å²) in [4.78, 5) is 12.5. The van der Waals surface area contributed by atoms with E-state index in [9.17, 15) is 4.79 Å². The highest BCUT2D eigenvalue weighted by Crippen LogP contribution is 2.19. The number of rotatable bonds is 5. The quantitative estimate of drug-likeness (QED) is 0.772. The number of hydrogen-bond acceptors (Lipinski definition) is 3. The van der Waals surface area contributed by atoms with Gasteiger partial charge in [-0.15, -0.1) is 0 Å². The maximum absolute atomic E-state index is 12.5. The van der Waals surface area contributed by atoms with Crippen LogP contribution in [-0.4, -0.2) is 11.7 Å². The van der Waals surface area contributed by atoms with Crippen molar-refractivity contribution in [3.05, 3.63) is 75.0 Å². The molecule has 1 heterocycles. The number of nitrogens with one attached hydrogen (secondary N) is 1. The van der Waals surface area contributed by atoms with Crippen molar-refractivity contribution >= 4 is 22.5 Å². The molecule has 0 saturated heterocycles. The van der Waals surface area contributed by atoms with Crippen LogP contribution in [0.2, 0.25) is 5.02 Å². The minimum atomic E-state index is -0.0164. The summed E-state index contributed by atoms with van der Waals surface area (Å²) in [6.45, 7) is 1.12. The van der Waals surface area contributed by atoms with Gasteiger partial charge in [0.1, 0.15) is 5.75 Å². The third-order valence-corrected chi connectivity index (χ3v) is 4.32. The molecular weight excluding hydrogens is 324 g/mol. The van der Waals surface area contributed by atoms with Crippen molar-refractivity contribution in [2.45, 2.75) is 13.1 Å². The first-order valence-corrected chi connectivity index (χ1v) is 8.08. The van der Waals surface area contributed by atoms with Crippen molar-refractivity contribution in [3.63, 3.8) is 0 Å². The van der Waals surface area contributed by atoms with Gasteiger partial charge in [-0.1, -0.05) is 35.9 Å². The molecule has 0 spiro atoms. The molecule has 1 N–H and O–H groups in total. The third-order valence-electron chi connectivity index (χ3n) is 4.09. The van der Waals surface area contributed by atoms with Gasteiger partial charge in [0.2, 0.25) is 0 Å². The minimum Gasteiger partial charge on any atom is -0.496 e. The zero-order chi connectivity index (χ0) is 17.1. The van der Waals surface area contributed by atoms with Gasteiger partial charge in [0.05, 0.1) is 12.6 Å². The van der Waals surface area contributed by atoms with Gasteiger partial charge >= 0.3 is 0 Å². The molecule has 0 aliphatic carbocycles. The molecule has 0 unspecified atom stereocenters. The van der Waals surface area contributed by atoms with Gasteiger partial charge in [-0.25, -0.2) is 0 Å². The third kappa shape index (κ3) is 3.30. The molecule has 5 heteroatoms. The summed E-state index contributed by atoms with van der Waals surface area (Å²) in [6.07, 6.45) is 0. The van der Waals surface area contributed by atoms with Crippen LogP contribution in [0.25, 0.3) is 10.9 Å². The molecule has 4 nitrogen and oxygen atoms in total. The lowest BCUT2D eigenvalue weighted by Gasteiger charge is -2.11. The van der Waals surface area contributed by atoms with Gasteiger partial charge in [0.15, 0.2) is 0 Å². The van der Waals surface area contributed by atoms with Crippen molar-refractivity contribution in [1.82, 2.24) is 9.88 Å². The van der Waals surface area contributed by atoms with E-state index in [2.05, 4.69) is 5.32 Å². The Morgan fingerprint density at radius 2 is 1.83 bits per heavy atom. The second-order valence-electron chi connectivity index (χ2n) is 5.65. The van der Waals surface area contributed by atoms with Crippen LogP contribution in [0.1, 0.15) is 11.1 Å². The Kier molecular flexibility index (Phi) is 4.88. The van der Waals surface area contributed by atoms with E-state index in [0.29, 0.717) is 18.1 Å². The maximum atomic E-state index is 12.5. The number of aryl methyl sites for hydroxylation is 1. The van der Waals surface area contributed by atoms with Crippen LogP contribution in [0.3, 0.4) is 0 Å². The molecule has 0 fully saturated rings. The molecule has 0 aliphatic rings. The smallest absolute Gasteiger partial charge is 0.255 e. The van der Waals surface area contributed by atoms with Crippen molar-refractivity contribution in [2.75, 3.05) is 7.11 Å². The van der Waals surface area contributed by atoms with Crippen molar-refractivity contribution in [2.24, 2.45) is 7.05 Å². The maximum Gasteiger partial charge on any atom is 0.255 e. The molecule has 0 amide bonds. The molecule has 0 aliphatic heterocycles. The fraction of sp³-hybridized carbons (Fsp3) is 0.211. The van der Waals surface area contributed by atoms with Gasteiger partial charge in [-0.3, -0.25) is 4.79 Å². The highest BCUT2D eigenvalue weighted by Gasteiger charge is 2.08. The van der Waals surface area contributed by atoms with Crippen molar-refractivity contribution in [3.8, 4) is 5.75 Å². The average Bonchev–Trinajstić information content (AvgIpc) is 2.60. The normalized spacial score (nSPS) is 11.0. The van der Waals surface area contributed by atoms with Gasteiger partial charge in [-0.05, 0) is 29.7 Å². The summed E-state index contributed by atoms with van der Waals surface area (Å²) in [6, 6.07) is 15.3. The Labute approximate surface area is 145 Å². The molecule has 24 heavy (non-hydrogen) atoms. The first kappa shape index (κ1) is 16.6. The summed E-state index contributed by atoms with van der Waals surface area (Å²) in [5.41, 5.74) is 2.60. The molecule has 2 aromatic carbocycles. The van der Waals surface area contributed by atoms with E-state index in [0.717, 1.165) is 27.8 Å². The fourth-order valence-corrected chi connectivity index (χ4v) is 2.98. The number of nitrogens with zero attached hydrogens (tertiary/aromatic N) is 1. The van der Waals surface area contributed by atoms with E-state index in [1.54, 1.807) is 18.7 Å². The van der Waals surface area contributed by atoms with E-state index in [1.807, 2.05) is 48.5 Å². The molecule has 3 rings (SSSR count). The van der Waals surface area contributed by atoms with Gasteiger partial charge in [0, 0.05) is 36.3 Å². The van der Waals surface area contributed by atoms with Crippen LogP contribution >= 0.6 is 11.6 Å². The van der Waals surface area contributed by atoms with E-state index in [1.165, 1.54) is 0 Å². The van der Waals surface area contributed by atoms with Crippen LogP contribution in [0.5, 0.6) is 5.75 Å². The predicted molar refractivity (Wildman–Crippen MR) is 97.7 cm³/mol. The number of hydrogen-bond donors (Lipinski definition) is 1. The van der Waals surface area contributed by atoms with Gasteiger partial charge in [0.25, 0.3) is 5.56 Å². The van der Waals surface area contributed by atoms with Crippen LogP contribution in [0.15, 0.2) is 53.3 Å². The number of fused-ring (bicyclic) bond motifs is 1. The highest BCUT2D eigenvalue weighted by molar-refractivity contribution is 6.31. The standard InChI is InChI=1S/C19H19ClN2O2/c1-22-17-10-16(20)8-7-13(17)9-15(19(22)23)12-21-11-14-5-3-4-6-18(14)24-2/h3-10,21H,11-12H2,1-2H3. The Morgan fingerprint density at radius 3 is 2.62 bits per heavy atom. The minimum absolute atomic E-state index is 0.0164. The number of aromatic nitrogens is 1. The van der Waals surface area contributed by atoms with E-state index >= 15 is 0 Å². The molecule has 0 radical (unpaired) electrons. The van der Waals surface area contributed by atoms with Crippen LogP contribution in [-0.2, 0) is 20.1 Å². The van der Waals surface area contributed by atoms with E-state index in [-0.39, 0.29) is 5.56 Å². The Morgan fingerprint density at radius 1 is 1.08 bits per heavy atom. The molecule has 124 valence electrons. The van der Waals surface area contributed by atoms with E-state index < -0.39 is 0 Å². The lowest BCUT2D eigenvalue weighted by molar-refractivity contribution is 0.407. The summed E-state index contributed by atoms with van der Waals surface area (Å²) in [5, 5.41) is 4.94. The van der Waals surface area contributed by atoms with Crippen molar-refractivity contribution in [1.29, 1.82) is 0 Å².